The van der Waals surface area contributed by atoms with E-state index in [1.165, 1.54) is 11.8 Å². The van der Waals surface area contributed by atoms with Crippen molar-refractivity contribution in [3.63, 3.8) is 0 Å². The van der Waals surface area contributed by atoms with Crippen molar-refractivity contribution in [2.24, 2.45) is 0 Å². The quantitative estimate of drug-likeness (QED) is 0.420. The lowest BCUT2D eigenvalue weighted by atomic mass is 10.2. The van der Waals surface area contributed by atoms with E-state index in [9.17, 15) is 0 Å². The molecule has 0 aliphatic rings. The van der Waals surface area contributed by atoms with Gasteiger partial charge in [0.2, 0.25) is 5.88 Å². The molecule has 0 aliphatic heterocycles. The predicted molar refractivity (Wildman–Crippen MR) is 101 cm³/mol. The van der Waals surface area contributed by atoms with Crippen LogP contribution in [0.15, 0.2) is 59.8 Å². The molecule has 3 rings (SSSR count). The van der Waals surface area contributed by atoms with E-state index in [1.54, 1.807) is 7.11 Å². The first-order valence-corrected chi connectivity index (χ1v) is 9.04. The first-order chi connectivity index (χ1) is 12.1. The minimum absolute atomic E-state index is 0.513. The minimum atomic E-state index is 0.513. The maximum Gasteiger partial charge on any atom is 0.223 e. The molecule has 0 saturated carbocycles. The Hall–Kier alpha value is -2.24. The number of hydrogen-bond donors (Lipinski definition) is 0. The molecule has 25 heavy (non-hydrogen) atoms. The van der Waals surface area contributed by atoms with Gasteiger partial charge in [0, 0.05) is 22.5 Å². The Bertz CT molecular complexity index is 856. The van der Waals surface area contributed by atoms with Crippen molar-refractivity contribution in [3.05, 3.63) is 70.9 Å². The van der Waals surface area contributed by atoms with Crippen molar-refractivity contribution in [1.82, 2.24) is 9.97 Å². The van der Waals surface area contributed by atoms with E-state index < -0.39 is 0 Å². The fraction of sp³-hybridized carbons (Fsp3) is 0.158. The number of aryl methyl sites for hydroxylation is 1. The number of aromatic nitrogens is 2. The third kappa shape index (κ3) is 4.87. The van der Waals surface area contributed by atoms with Gasteiger partial charge in [-0.2, -0.15) is 4.98 Å². The second kappa shape index (κ2) is 8.23. The summed E-state index contributed by atoms with van der Waals surface area (Å²) in [7, 11) is 1.63. The summed E-state index contributed by atoms with van der Waals surface area (Å²) >= 11 is 7.72. The van der Waals surface area contributed by atoms with Crippen LogP contribution in [0.25, 0.3) is 0 Å². The van der Waals surface area contributed by atoms with Gasteiger partial charge in [-0.05, 0) is 42.8 Å². The second-order valence-corrected chi connectivity index (χ2v) is 6.64. The van der Waals surface area contributed by atoms with E-state index >= 15 is 0 Å². The molecule has 0 N–H and O–H groups in total. The molecule has 1 aromatic heterocycles. The van der Waals surface area contributed by atoms with E-state index in [1.807, 2.05) is 61.5 Å². The Morgan fingerprint density at radius 2 is 1.72 bits per heavy atom. The summed E-state index contributed by atoms with van der Waals surface area (Å²) in [6, 6.07) is 16.9. The van der Waals surface area contributed by atoms with Crippen LogP contribution in [-0.4, -0.2) is 17.1 Å². The van der Waals surface area contributed by atoms with Gasteiger partial charge in [0.1, 0.15) is 11.5 Å². The van der Waals surface area contributed by atoms with Crippen molar-refractivity contribution in [2.45, 2.75) is 17.8 Å². The summed E-state index contributed by atoms with van der Waals surface area (Å²) in [5.41, 5.74) is 1.90. The van der Waals surface area contributed by atoms with Crippen LogP contribution in [0.3, 0.4) is 0 Å². The van der Waals surface area contributed by atoms with Crippen molar-refractivity contribution in [1.29, 1.82) is 0 Å². The Kier molecular flexibility index (Phi) is 5.79. The molecule has 2 aromatic carbocycles. The molecule has 0 radical (unpaired) electrons. The highest BCUT2D eigenvalue weighted by atomic mass is 35.5. The van der Waals surface area contributed by atoms with E-state index in [0.717, 1.165) is 22.0 Å². The highest BCUT2D eigenvalue weighted by Crippen LogP contribution is 2.28. The van der Waals surface area contributed by atoms with Gasteiger partial charge in [0.05, 0.1) is 7.11 Å². The third-order valence-electron chi connectivity index (χ3n) is 3.41. The highest BCUT2D eigenvalue weighted by Gasteiger charge is 2.07. The average molecular weight is 373 g/mol. The van der Waals surface area contributed by atoms with Crippen molar-refractivity contribution in [3.8, 4) is 17.4 Å². The molecule has 0 spiro atoms. The number of methoxy groups -OCH3 is 1. The van der Waals surface area contributed by atoms with Crippen molar-refractivity contribution >= 4 is 23.4 Å². The molecule has 0 saturated heterocycles. The molecule has 3 aromatic rings. The maximum atomic E-state index is 6.20. The van der Waals surface area contributed by atoms with Gasteiger partial charge >= 0.3 is 0 Å². The van der Waals surface area contributed by atoms with Crippen LogP contribution in [0.2, 0.25) is 5.02 Å². The van der Waals surface area contributed by atoms with Crippen molar-refractivity contribution in [2.75, 3.05) is 7.11 Å². The molecule has 6 heteroatoms. The van der Waals surface area contributed by atoms with Crippen LogP contribution in [0, 0.1) is 6.92 Å². The lowest BCUT2D eigenvalue weighted by Gasteiger charge is -2.08. The lowest BCUT2D eigenvalue weighted by molar-refractivity contribution is 0.411. The van der Waals surface area contributed by atoms with Crippen LogP contribution in [-0.2, 0) is 5.75 Å². The normalized spacial score (nSPS) is 10.5. The summed E-state index contributed by atoms with van der Waals surface area (Å²) in [4.78, 5) is 8.93. The molecule has 1 heterocycles. The second-order valence-electron chi connectivity index (χ2n) is 5.29. The summed E-state index contributed by atoms with van der Waals surface area (Å²) in [5, 5.41) is 1.40. The Morgan fingerprint density at radius 1 is 1.00 bits per heavy atom. The first kappa shape index (κ1) is 17.6. The van der Waals surface area contributed by atoms with Gasteiger partial charge in [-0.3, -0.25) is 0 Å². The molecule has 0 bridgehead atoms. The van der Waals surface area contributed by atoms with E-state index in [4.69, 9.17) is 21.1 Å². The zero-order valence-corrected chi connectivity index (χ0v) is 15.5. The number of thioether (sulfide) groups is 1. The van der Waals surface area contributed by atoms with Gasteiger partial charge < -0.3 is 9.47 Å². The van der Waals surface area contributed by atoms with Gasteiger partial charge in [0.15, 0.2) is 5.16 Å². The Balaban J connectivity index is 1.72. The number of ether oxygens (including phenoxy) is 2. The molecular weight excluding hydrogens is 356 g/mol. The standard InChI is InChI=1S/C19H17ClN2O2S/c1-13-11-18(24-16-9-7-15(23-2)8-10-16)22-19(21-13)25-12-14-5-3-4-6-17(14)20/h3-11H,12H2,1-2H3. The number of nitrogens with zero attached hydrogens (tertiary/aromatic N) is 2. The average Bonchev–Trinajstić information content (AvgIpc) is 2.61. The van der Waals surface area contributed by atoms with E-state index in [0.29, 0.717) is 22.5 Å². The summed E-state index contributed by atoms with van der Waals surface area (Å²) in [6.45, 7) is 1.92. The van der Waals surface area contributed by atoms with Crippen LogP contribution in [0.1, 0.15) is 11.3 Å². The topological polar surface area (TPSA) is 44.2 Å². The molecule has 0 unspecified atom stereocenters. The summed E-state index contributed by atoms with van der Waals surface area (Å²) in [5.74, 6) is 2.69. The molecule has 4 nitrogen and oxygen atoms in total. The van der Waals surface area contributed by atoms with Gasteiger partial charge in [-0.1, -0.05) is 41.6 Å². The highest BCUT2D eigenvalue weighted by molar-refractivity contribution is 7.98. The van der Waals surface area contributed by atoms with Gasteiger partial charge in [0.25, 0.3) is 0 Å². The molecule has 0 aliphatic carbocycles. The monoisotopic (exact) mass is 372 g/mol. The van der Waals surface area contributed by atoms with Crippen LogP contribution in [0.5, 0.6) is 17.4 Å². The molecule has 128 valence electrons. The van der Waals surface area contributed by atoms with Crippen LogP contribution in [0.4, 0.5) is 0 Å². The Morgan fingerprint density at radius 3 is 2.44 bits per heavy atom. The molecular formula is C19H17ClN2O2S. The first-order valence-electron chi connectivity index (χ1n) is 7.68. The number of benzene rings is 2. The lowest BCUT2D eigenvalue weighted by Crippen LogP contribution is -1.95. The molecule has 0 fully saturated rings. The SMILES string of the molecule is COc1ccc(Oc2cc(C)nc(SCc3ccccc3Cl)n2)cc1. The number of rotatable bonds is 6. The Labute approximate surface area is 156 Å². The van der Waals surface area contributed by atoms with Crippen molar-refractivity contribution < 1.29 is 9.47 Å². The minimum Gasteiger partial charge on any atom is -0.497 e. The predicted octanol–water partition coefficient (Wildman–Crippen LogP) is 5.53. The smallest absolute Gasteiger partial charge is 0.223 e. The number of halogens is 1. The summed E-state index contributed by atoms with van der Waals surface area (Å²) in [6.07, 6.45) is 0. The third-order valence-corrected chi connectivity index (χ3v) is 4.67. The fourth-order valence-electron chi connectivity index (χ4n) is 2.15. The van der Waals surface area contributed by atoms with Crippen LogP contribution < -0.4 is 9.47 Å². The molecule has 0 atom stereocenters. The fourth-order valence-corrected chi connectivity index (χ4v) is 3.33. The van der Waals surface area contributed by atoms with Gasteiger partial charge in [-0.25, -0.2) is 4.98 Å². The largest absolute Gasteiger partial charge is 0.497 e. The zero-order valence-electron chi connectivity index (χ0n) is 13.9. The van der Waals surface area contributed by atoms with Crippen LogP contribution >= 0.6 is 23.4 Å². The van der Waals surface area contributed by atoms with E-state index in [2.05, 4.69) is 9.97 Å². The number of hydrogen-bond acceptors (Lipinski definition) is 5. The van der Waals surface area contributed by atoms with Gasteiger partial charge in [-0.15, -0.1) is 0 Å². The van der Waals surface area contributed by atoms with E-state index in [-0.39, 0.29) is 0 Å². The summed E-state index contributed by atoms with van der Waals surface area (Å²) < 4.78 is 11.0. The molecule has 0 amide bonds. The zero-order chi connectivity index (χ0) is 17.6. The maximum absolute atomic E-state index is 6.20.